The van der Waals surface area contributed by atoms with E-state index in [0.29, 0.717) is 0 Å². The zero-order valence-electron chi connectivity index (χ0n) is 12.1. The van der Waals surface area contributed by atoms with E-state index >= 15 is 0 Å². The van der Waals surface area contributed by atoms with Crippen LogP contribution in [0.15, 0.2) is 28.9 Å². The minimum atomic E-state index is -0.269. The molecule has 0 amide bonds. The Morgan fingerprint density at radius 1 is 1.45 bits per heavy atom. The first-order chi connectivity index (χ1) is 9.58. The fourth-order valence-corrected chi connectivity index (χ4v) is 3.01. The summed E-state index contributed by atoms with van der Waals surface area (Å²) in [6, 6.07) is 5.91. The predicted molar refractivity (Wildman–Crippen MR) is 84.0 cm³/mol. The summed E-state index contributed by atoms with van der Waals surface area (Å²) in [5.74, 6) is 0.735. The van der Waals surface area contributed by atoms with Gasteiger partial charge in [0.15, 0.2) is 5.75 Å². The SMILES string of the molecule is CCCn1ncc(OC)c1C(N)c1ccc(C)cc1Br. The van der Waals surface area contributed by atoms with Crippen LogP contribution in [0.4, 0.5) is 0 Å². The lowest BCUT2D eigenvalue weighted by Crippen LogP contribution is -2.19. The fourth-order valence-electron chi connectivity index (χ4n) is 2.27. The summed E-state index contributed by atoms with van der Waals surface area (Å²) >= 11 is 3.59. The number of nitrogens with two attached hydrogens (primary N) is 1. The number of benzene rings is 1. The molecule has 0 bridgehead atoms. The van der Waals surface area contributed by atoms with Crippen LogP contribution in [0.1, 0.15) is 36.2 Å². The molecule has 0 saturated carbocycles. The van der Waals surface area contributed by atoms with Gasteiger partial charge in [-0.1, -0.05) is 35.0 Å². The first-order valence-corrected chi connectivity index (χ1v) is 7.49. The number of aryl methyl sites for hydroxylation is 2. The molecule has 2 N–H and O–H groups in total. The Kier molecular flexibility index (Phi) is 4.83. The van der Waals surface area contributed by atoms with Gasteiger partial charge >= 0.3 is 0 Å². The third-order valence-corrected chi connectivity index (χ3v) is 3.97. The van der Waals surface area contributed by atoms with Crippen LogP contribution in [0.2, 0.25) is 0 Å². The van der Waals surface area contributed by atoms with E-state index in [1.165, 1.54) is 5.56 Å². The van der Waals surface area contributed by atoms with Gasteiger partial charge in [0.05, 0.1) is 19.3 Å². The molecule has 5 heteroatoms. The number of methoxy groups -OCH3 is 1. The van der Waals surface area contributed by atoms with Gasteiger partial charge in [-0.25, -0.2) is 0 Å². The van der Waals surface area contributed by atoms with Crippen molar-refractivity contribution in [2.75, 3.05) is 7.11 Å². The summed E-state index contributed by atoms with van der Waals surface area (Å²) < 4.78 is 8.34. The Labute approximate surface area is 128 Å². The second-order valence-corrected chi connectivity index (χ2v) is 5.68. The van der Waals surface area contributed by atoms with Crippen LogP contribution in [0.5, 0.6) is 5.75 Å². The lowest BCUT2D eigenvalue weighted by Gasteiger charge is -2.17. The number of aromatic nitrogens is 2. The topological polar surface area (TPSA) is 53.1 Å². The molecule has 0 radical (unpaired) electrons. The lowest BCUT2D eigenvalue weighted by molar-refractivity contribution is 0.404. The molecule has 0 fully saturated rings. The fraction of sp³-hybridized carbons (Fsp3) is 0.400. The third-order valence-electron chi connectivity index (χ3n) is 3.29. The van der Waals surface area contributed by atoms with E-state index in [9.17, 15) is 0 Å². The maximum Gasteiger partial charge on any atom is 0.161 e. The van der Waals surface area contributed by atoms with Gasteiger partial charge in [-0.3, -0.25) is 4.68 Å². The molecule has 20 heavy (non-hydrogen) atoms. The summed E-state index contributed by atoms with van der Waals surface area (Å²) in [7, 11) is 1.65. The van der Waals surface area contributed by atoms with Gasteiger partial charge in [0.2, 0.25) is 0 Å². The van der Waals surface area contributed by atoms with E-state index in [4.69, 9.17) is 10.5 Å². The van der Waals surface area contributed by atoms with E-state index in [-0.39, 0.29) is 6.04 Å². The van der Waals surface area contributed by atoms with E-state index in [1.807, 2.05) is 10.7 Å². The van der Waals surface area contributed by atoms with E-state index in [1.54, 1.807) is 13.3 Å². The van der Waals surface area contributed by atoms with Crippen molar-refractivity contribution < 1.29 is 4.74 Å². The van der Waals surface area contributed by atoms with Gasteiger partial charge in [-0.15, -0.1) is 0 Å². The highest BCUT2D eigenvalue weighted by atomic mass is 79.9. The van der Waals surface area contributed by atoms with Gasteiger partial charge in [-0.05, 0) is 30.5 Å². The van der Waals surface area contributed by atoms with Crippen LogP contribution < -0.4 is 10.5 Å². The number of ether oxygens (including phenoxy) is 1. The summed E-state index contributed by atoms with van der Waals surface area (Å²) in [6.45, 7) is 5.00. The van der Waals surface area contributed by atoms with Crippen molar-refractivity contribution in [2.45, 2.75) is 32.9 Å². The standard InChI is InChI=1S/C15H20BrN3O/c1-4-7-19-15(13(20-3)9-18-19)14(17)11-6-5-10(2)8-12(11)16/h5-6,8-9,14H,4,7,17H2,1-3H3. The van der Waals surface area contributed by atoms with Crippen molar-refractivity contribution in [3.8, 4) is 5.75 Å². The van der Waals surface area contributed by atoms with E-state index in [0.717, 1.165) is 34.4 Å². The highest BCUT2D eigenvalue weighted by Gasteiger charge is 2.21. The number of nitrogens with zero attached hydrogens (tertiary/aromatic N) is 2. The molecule has 1 aromatic carbocycles. The van der Waals surface area contributed by atoms with Crippen LogP contribution in [-0.4, -0.2) is 16.9 Å². The van der Waals surface area contributed by atoms with Gasteiger partial charge in [0.25, 0.3) is 0 Å². The van der Waals surface area contributed by atoms with Gasteiger partial charge < -0.3 is 10.5 Å². The van der Waals surface area contributed by atoms with Gasteiger partial charge in [0.1, 0.15) is 5.69 Å². The Morgan fingerprint density at radius 2 is 2.20 bits per heavy atom. The summed E-state index contributed by atoms with van der Waals surface area (Å²) in [4.78, 5) is 0. The largest absolute Gasteiger partial charge is 0.493 e. The Bertz CT molecular complexity index is 595. The van der Waals surface area contributed by atoms with E-state index < -0.39 is 0 Å². The van der Waals surface area contributed by atoms with Crippen LogP contribution in [0.3, 0.4) is 0 Å². The second-order valence-electron chi connectivity index (χ2n) is 4.82. The Hall–Kier alpha value is -1.33. The number of halogens is 1. The second kappa shape index (κ2) is 6.41. The maximum atomic E-state index is 6.45. The first-order valence-electron chi connectivity index (χ1n) is 6.69. The van der Waals surface area contributed by atoms with Crippen LogP contribution in [-0.2, 0) is 6.54 Å². The molecular weight excluding hydrogens is 318 g/mol. The van der Waals surface area contributed by atoms with Crippen molar-refractivity contribution in [3.05, 3.63) is 45.7 Å². The first kappa shape index (κ1) is 15.1. The average molecular weight is 338 g/mol. The van der Waals surface area contributed by atoms with Crippen LogP contribution in [0.25, 0.3) is 0 Å². The molecule has 0 aliphatic heterocycles. The molecule has 1 atom stereocenters. The van der Waals surface area contributed by atoms with Gasteiger partial charge in [0, 0.05) is 11.0 Å². The van der Waals surface area contributed by atoms with E-state index in [2.05, 4.69) is 47.0 Å². The van der Waals surface area contributed by atoms with Crippen molar-refractivity contribution in [3.63, 3.8) is 0 Å². The van der Waals surface area contributed by atoms with Crippen molar-refractivity contribution in [1.82, 2.24) is 9.78 Å². The van der Waals surface area contributed by atoms with Crippen LogP contribution in [0, 0.1) is 6.92 Å². The van der Waals surface area contributed by atoms with Gasteiger partial charge in [-0.2, -0.15) is 5.10 Å². The lowest BCUT2D eigenvalue weighted by atomic mass is 10.0. The monoisotopic (exact) mass is 337 g/mol. The quantitative estimate of drug-likeness (QED) is 0.909. The molecule has 1 unspecified atom stereocenters. The minimum absolute atomic E-state index is 0.269. The molecule has 4 nitrogen and oxygen atoms in total. The number of hydrogen-bond acceptors (Lipinski definition) is 3. The zero-order chi connectivity index (χ0) is 14.7. The molecule has 1 heterocycles. The maximum absolute atomic E-state index is 6.45. The smallest absolute Gasteiger partial charge is 0.161 e. The minimum Gasteiger partial charge on any atom is -0.493 e. The zero-order valence-corrected chi connectivity index (χ0v) is 13.6. The normalized spacial score (nSPS) is 12.4. The molecule has 0 aliphatic rings. The molecule has 0 aliphatic carbocycles. The van der Waals surface area contributed by atoms with Crippen molar-refractivity contribution in [2.24, 2.45) is 5.73 Å². The molecule has 1 aromatic heterocycles. The van der Waals surface area contributed by atoms with Crippen molar-refractivity contribution >= 4 is 15.9 Å². The third kappa shape index (κ3) is 2.88. The summed E-state index contributed by atoms with van der Waals surface area (Å²) in [6.07, 6.45) is 2.73. The molecule has 108 valence electrons. The van der Waals surface area contributed by atoms with Crippen molar-refractivity contribution in [1.29, 1.82) is 0 Å². The number of hydrogen-bond donors (Lipinski definition) is 1. The van der Waals surface area contributed by atoms with Crippen LogP contribution >= 0.6 is 15.9 Å². The average Bonchev–Trinajstić information content (AvgIpc) is 2.81. The molecule has 2 aromatic rings. The summed E-state index contributed by atoms with van der Waals surface area (Å²) in [5, 5.41) is 4.37. The summed E-state index contributed by atoms with van der Waals surface area (Å²) in [5.41, 5.74) is 9.59. The molecule has 2 rings (SSSR count). The Balaban J connectivity index is 2.46. The highest BCUT2D eigenvalue weighted by Crippen LogP contribution is 2.32. The molecule has 0 saturated heterocycles. The Morgan fingerprint density at radius 3 is 2.80 bits per heavy atom. The predicted octanol–water partition coefficient (Wildman–Crippen LogP) is 3.42. The highest BCUT2D eigenvalue weighted by molar-refractivity contribution is 9.10. The molecular formula is C15H20BrN3O. The molecule has 0 spiro atoms. The number of rotatable bonds is 5.